The van der Waals surface area contributed by atoms with Crippen LogP contribution in [0.1, 0.15) is 5.56 Å². The number of hydrogen-bond donors (Lipinski definition) is 6. The molecule has 1 aromatic carbocycles. The van der Waals surface area contributed by atoms with Gasteiger partial charge in [0.2, 0.25) is 0 Å². The van der Waals surface area contributed by atoms with Gasteiger partial charge in [0.05, 0.1) is 36.3 Å². The van der Waals surface area contributed by atoms with Crippen molar-refractivity contribution in [2.45, 2.75) is 18.4 Å². The van der Waals surface area contributed by atoms with E-state index in [1.807, 2.05) is 19.3 Å². The highest BCUT2D eigenvalue weighted by atomic mass is 35.5. The molecular formula is C22H26Cl2N6O3. The quantitative estimate of drug-likeness (QED) is 0.339. The Morgan fingerprint density at radius 1 is 1.03 bits per heavy atom. The Morgan fingerprint density at radius 3 is 2.33 bits per heavy atom. The first-order valence-electron chi connectivity index (χ1n) is 10.3. The number of benzene rings is 1. The lowest BCUT2D eigenvalue weighted by molar-refractivity contribution is -0.118. The van der Waals surface area contributed by atoms with Crippen molar-refractivity contribution in [3.63, 3.8) is 0 Å². The lowest BCUT2D eigenvalue weighted by Gasteiger charge is -2.37. The average Bonchev–Trinajstić information content (AvgIpc) is 3.26. The van der Waals surface area contributed by atoms with E-state index < -0.39 is 6.29 Å². The molecule has 4 rings (SSSR count). The molecule has 3 unspecified atom stereocenters. The molecular weight excluding hydrogens is 467 g/mol. The van der Waals surface area contributed by atoms with Gasteiger partial charge in [0, 0.05) is 48.0 Å². The van der Waals surface area contributed by atoms with Crippen LogP contribution >= 0.6 is 23.2 Å². The van der Waals surface area contributed by atoms with E-state index in [1.165, 1.54) is 14.2 Å². The van der Waals surface area contributed by atoms with E-state index in [0.717, 1.165) is 11.3 Å². The standard InChI is InChI=1S/C22H26Cl2N6O3/c1-25-9-11-10-28-22(29-11)30-21(31)13-5-4-12(19-20(13)27-7-6-26-19)16-17(23)14(32-2)8-15(33-3)18(16)24/h4-8,10,19-20,22,25-29H,9H2,1-3H3,(H,30,31). The zero-order valence-corrected chi connectivity index (χ0v) is 19.9. The number of fused-ring (bicyclic) bond motifs is 1. The lowest BCUT2D eigenvalue weighted by atomic mass is 9.83. The molecule has 1 aliphatic carbocycles. The number of rotatable bonds is 7. The van der Waals surface area contributed by atoms with Gasteiger partial charge in [-0.15, -0.1) is 0 Å². The fourth-order valence-electron chi connectivity index (χ4n) is 4.05. The summed E-state index contributed by atoms with van der Waals surface area (Å²) in [5.41, 5.74) is 2.91. The second-order valence-corrected chi connectivity index (χ2v) is 8.32. The maximum Gasteiger partial charge on any atom is 0.252 e. The summed E-state index contributed by atoms with van der Waals surface area (Å²) in [5, 5.41) is 19.7. The first kappa shape index (κ1) is 23.2. The van der Waals surface area contributed by atoms with Gasteiger partial charge in [-0.05, 0) is 12.6 Å². The third-order valence-electron chi connectivity index (χ3n) is 5.60. The SMILES string of the molecule is CNCC1=CNC(NC(=O)C2=CC=C(c3c(Cl)c(OC)cc(OC)c3Cl)C3NC=CNC23)N1. The maximum absolute atomic E-state index is 13.1. The first-order valence-corrected chi connectivity index (χ1v) is 11.1. The molecule has 1 amide bonds. The summed E-state index contributed by atoms with van der Waals surface area (Å²) in [6, 6.07) is 0.981. The van der Waals surface area contributed by atoms with E-state index in [0.29, 0.717) is 39.2 Å². The first-order chi connectivity index (χ1) is 16.0. The second kappa shape index (κ2) is 9.86. The van der Waals surface area contributed by atoms with Crippen molar-refractivity contribution in [2.24, 2.45) is 0 Å². The third-order valence-corrected chi connectivity index (χ3v) is 6.35. The Hall–Kier alpha value is -3.01. The van der Waals surface area contributed by atoms with Crippen LogP contribution in [0.5, 0.6) is 11.5 Å². The van der Waals surface area contributed by atoms with Crippen LogP contribution < -0.4 is 41.4 Å². The van der Waals surface area contributed by atoms with Gasteiger partial charge in [-0.25, -0.2) is 0 Å². The van der Waals surface area contributed by atoms with E-state index >= 15 is 0 Å². The highest BCUT2D eigenvalue weighted by Crippen LogP contribution is 2.46. The Labute approximate surface area is 202 Å². The summed E-state index contributed by atoms with van der Waals surface area (Å²) in [7, 11) is 4.92. The minimum Gasteiger partial charge on any atom is -0.495 e. The summed E-state index contributed by atoms with van der Waals surface area (Å²) in [6.45, 7) is 0.667. The zero-order chi connectivity index (χ0) is 23.5. The second-order valence-electron chi connectivity index (χ2n) is 7.57. The third kappa shape index (κ3) is 4.44. The van der Waals surface area contributed by atoms with Crippen molar-refractivity contribution < 1.29 is 14.3 Å². The molecule has 2 heterocycles. The summed E-state index contributed by atoms with van der Waals surface area (Å²) in [6.07, 6.45) is 8.60. The van der Waals surface area contributed by atoms with Crippen molar-refractivity contribution in [3.8, 4) is 11.5 Å². The van der Waals surface area contributed by atoms with Crippen LogP contribution in [0, 0.1) is 0 Å². The van der Waals surface area contributed by atoms with Crippen molar-refractivity contribution >= 4 is 34.7 Å². The number of carbonyl (C=O) groups excluding carboxylic acids is 1. The number of amides is 1. The predicted molar refractivity (Wildman–Crippen MR) is 129 cm³/mol. The molecule has 11 heteroatoms. The van der Waals surface area contributed by atoms with E-state index in [4.69, 9.17) is 32.7 Å². The van der Waals surface area contributed by atoms with Gasteiger partial charge in [-0.2, -0.15) is 0 Å². The molecule has 0 bridgehead atoms. The summed E-state index contributed by atoms with van der Waals surface area (Å²) in [4.78, 5) is 13.1. The molecule has 0 saturated carbocycles. The topological polar surface area (TPSA) is 108 Å². The van der Waals surface area contributed by atoms with Gasteiger partial charge < -0.3 is 41.4 Å². The van der Waals surface area contributed by atoms with Crippen LogP contribution in [0.15, 0.2) is 48.1 Å². The monoisotopic (exact) mass is 492 g/mol. The number of methoxy groups -OCH3 is 2. The molecule has 0 fully saturated rings. The van der Waals surface area contributed by atoms with Crippen molar-refractivity contribution in [1.29, 1.82) is 0 Å². The minimum atomic E-state index is -0.399. The Balaban J connectivity index is 1.66. The van der Waals surface area contributed by atoms with Crippen LogP contribution in [0.4, 0.5) is 0 Å². The zero-order valence-electron chi connectivity index (χ0n) is 18.4. The molecule has 3 atom stereocenters. The minimum absolute atomic E-state index is 0.213. The molecule has 33 heavy (non-hydrogen) atoms. The number of halogens is 2. The van der Waals surface area contributed by atoms with Gasteiger partial charge in [-0.3, -0.25) is 4.79 Å². The average molecular weight is 493 g/mol. The molecule has 0 spiro atoms. The van der Waals surface area contributed by atoms with E-state index in [2.05, 4.69) is 31.9 Å². The summed E-state index contributed by atoms with van der Waals surface area (Å²) < 4.78 is 10.8. The largest absolute Gasteiger partial charge is 0.495 e. The summed E-state index contributed by atoms with van der Waals surface area (Å²) in [5.74, 6) is 0.676. The van der Waals surface area contributed by atoms with E-state index in [9.17, 15) is 4.79 Å². The van der Waals surface area contributed by atoms with E-state index in [1.54, 1.807) is 24.5 Å². The van der Waals surface area contributed by atoms with Crippen LogP contribution in [-0.4, -0.2) is 52.1 Å². The highest BCUT2D eigenvalue weighted by molar-refractivity contribution is 6.39. The molecule has 9 nitrogen and oxygen atoms in total. The van der Waals surface area contributed by atoms with Gasteiger partial charge in [0.25, 0.3) is 5.91 Å². The van der Waals surface area contributed by atoms with Crippen LogP contribution in [-0.2, 0) is 4.79 Å². The molecule has 2 aliphatic heterocycles. The van der Waals surface area contributed by atoms with Crippen molar-refractivity contribution in [1.82, 2.24) is 31.9 Å². The smallest absolute Gasteiger partial charge is 0.252 e. The van der Waals surface area contributed by atoms with Gasteiger partial charge in [0.1, 0.15) is 11.5 Å². The van der Waals surface area contributed by atoms with Gasteiger partial charge in [0.15, 0.2) is 6.29 Å². The number of nitrogens with one attached hydrogen (secondary N) is 6. The lowest BCUT2D eigenvalue weighted by Crippen LogP contribution is -2.56. The van der Waals surface area contributed by atoms with Crippen LogP contribution in [0.25, 0.3) is 5.57 Å². The molecule has 176 valence electrons. The molecule has 6 N–H and O–H groups in total. The Bertz CT molecular complexity index is 1040. The number of likely N-dealkylation sites (N-methyl/N-ethyl adjacent to an activating group) is 1. The number of hydrogen-bond acceptors (Lipinski definition) is 8. The predicted octanol–water partition coefficient (Wildman–Crippen LogP) is 1.39. The van der Waals surface area contributed by atoms with Gasteiger partial charge in [-0.1, -0.05) is 35.4 Å². The number of ether oxygens (including phenoxy) is 2. The molecule has 0 saturated heterocycles. The number of allylic oxidation sites excluding steroid dienone is 2. The molecule has 0 aromatic heterocycles. The molecule has 1 aromatic rings. The fourth-order valence-corrected chi connectivity index (χ4v) is 4.77. The normalized spacial score (nSPS) is 22.9. The van der Waals surface area contributed by atoms with Crippen molar-refractivity contribution in [3.05, 3.63) is 63.7 Å². The highest BCUT2D eigenvalue weighted by Gasteiger charge is 2.37. The summed E-state index contributed by atoms with van der Waals surface area (Å²) >= 11 is 13.3. The van der Waals surface area contributed by atoms with Crippen LogP contribution in [0.3, 0.4) is 0 Å². The van der Waals surface area contributed by atoms with E-state index in [-0.39, 0.29) is 18.0 Å². The van der Waals surface area contributed by atoms with Gasteiger partial charge >= 0.3 is 0 Å². The number of carbonyl (C=O) groups is 1. The fraction of sp³-hybridized carbons (Fsp3) is 0.318. The molecule has 3 aliphatic rings. The Kier molecular flexibility index (Phi) is 6.92. The van der Waals surface area contributed by atoms with Crippen LogP contribution in [0.2, 0.25) is 10.0 Å². The van der Waals surface area contributed by atoms with Crippen molar-refractivity contribution in [2.75, 3.05) is 27.8 Å². The molecule has 0 radical (unpaired) electrons. The maximum atomic E-state index is 13.1. The Morgan fingerprint density at radius 2 is 1.70 bits per heavy atom.